The highest BCUT2D eigenvalue weighted by molar-refractivity contribution is 6.31. The van der Waals surface area contributed by atoms with E-state index < -0.39 is 0 Å². The van der Waals surface area contributed by atoms with Gasteiger partial charge in [0.2, 0.25) is 5.91 Å². The molecular weight excluding hydrogens is 350 g/mol. The predicted octanol–water partition coefficient (Wildman–Crippen LogP) is 4.21. The quantitative estimate of drug-likeness (QED) is 0.693. The average molecular weight is 368 g/mol. The largest absolute Gasteiger partial charge is 0.338 e. The molecule has 0 bridgehead atoms. The molecule has 132 valence electrons. The van der Waals surface area contributed by atoms with Gasteiger partial charge in [-0.3, -0.25) is 4.79 Å². The second-order valence-corrected chi connectivity index (χ2v) is 7.00. The molecule has 0 radical (unpaired) electrons. The number of likely N-dealkylation sites (tertiary alicyclic amines) is 1. The highest BCUT2D eigenvalue weighted by Gasteiger charge is 2.34. The first-order valence-electron chi connectivity index (χ1n) is 8.52. The van der Waals surface area contributed by atoms with E-state index in [-0.39, 0.29) is 11.8 Å². The molecule has 0 spiro atoms. The Morgan fingerprint density at radius 2 is 1.96 bits per heavy atom. The Kier molecular flexibility index (Phi) is 4.47. The highest BCUT2D eigenvalue weighted by Crippen LogP contribution is 2.30. The molecule has 1 saturated heterocycles. The Balaban J connectivity index is 1.49. The Labute approximate surface area is 156 Å². The van der Waals surface area contributed by atoms with Crippen LogP contribution in [0.2, 0.25) is 5.02 Å². The molecule has 6 heteroatoms. The van der Waals surface area contributed by atoms with Crippen molar-refractivity contribution >= 4 is 17.5 Å². The van der Waals surface area contributed by atoms with Crippen LogP contribution in [0.25, 0.3) is 11.5 Å². The normalized spacial score (nSPS) is 17.1. The molecule has 1 aliphatic heterocycles. The van der Waals surface area contributed by atoms with Crippen LogP contribution in [0.3, 0.4) is 0 Å². The van der Waals surface area contributed by atoms with Gasteiger partial charge in [0.25, 0.3) is 5.89 Å². The number of rotatable bonds is 4. The molecule has 1 unspecified atom stereocenters. The molecule has 1 aromatic heterocycles. The van der Waals surface area contributed by atoms with Crippen LogP contribution in [0, 0.1) is 6.92 Å². The second-order valence-electron chi connectivity index (χ2n) is 6.59. The molecule has 1 atom stereocenters. The van der Waals surface area contributed by atoms with Crippen molar-refractivity contribution in [3.63, 3.8) is 0 Å². The Bertz CT molecular complexity index is 936. The number of nitrogens with zero attached hydrogens (tertiary/aromatic N) is 3. The molecule has 4 rings (SSSR count). The number of halogens is 1. The van der Waals surface area contributed by atoms with Gasteiger partial charge in [0.05, 0.1) is 0 Å². The van der Waals surface area contributed by atoms with E-state index in [1.54, 1.807) is 4.90 Å². The SMILES string of the molecule is Cc1ccc(-c2nc(C3CC(=O)N(Cc4ccccc4Cl)C3)no2)cc1. The minimum Gasteiger partial charge on any atom is -0.338 e. The van der Waals surface area contributed by atoms with Gasteiger partial charge in [-0.1, -0.05) is 52.7 Å². The van der Waals surface area contributed by atoms with Crippen molar-refractivity contribution in [3.05, 3.63) is 70.5 Å². The third-order valence-corrected chi connectivity index (χ3v) is 5.01. The summed E-state index contributed by atoms with van der Waals surface area (Å²) < 4.78 is 5.40. The van der Waals surface area contributed by atoms with Crippen molar-refractivity contribution in [2.24, 2.45) is 0 Å². The van der Waals surface area contributed by atoms with Gasteiger partial charge in [0.15, 0.2) is 5.82 Å². The maximum Gasteiger partial charge on any atom is 0.257 e. The lowest BCUT2D eigenvalue weighted by molar-refractivity contribution is -0.128. The van der Waals surface area contributed by atoms with Crippen LogP contribution in [0.4, 0.5) is 0 Å². The van der Waals surface area contributed by atoms with E-state index in [1.807, 2.05) is 55.5 Å². The molecule has 0 saturated carbocycles. The summed E-state index contributed by atoms with van der Waals surface area (Å²) >= 11 is 6.21. The van der Waals surface area contributed by atoms with Crippen LogP contribution in [-0.2, 0) is 11.3 Å². The van der Waals surface area contributed by atoms with Gasteiger partial charge in [-0.05, 0) is 30.7 Å². The summed E-state index contributed by atoms with van der Waals surface area (Å²) in [5.74, 6) is 1.08. The average Bonchev–Trinajstić information content (AvgIpc) is 3.25. The van der Waals surface area contributed by atoms with Gasteiger partial charge in [-0.25, -0.2) is 0 Å². The standard InChI is InChI=1S/C20H18ClN3O2/c1-13-6-8-14(9-7-13)20-22-19(23-26-20)16-10-18(25)24(12-16)11-15-4-2-3-5-17(15)21/h2-9,16H,10-12H2,1H3. The maximum absolute atomic E-state index is 12.4. The van der Waals surface area contributed by atoms with Gasteiger partial charge in [0.1, 0.15) is 0 Å². The van der Waals surface area contributed by atoms with E-state index in [1.165, 1.54) is 5.56 Å². The first-order valence-corrected chi connectivity index (χ1v) is 8.90. The number of amides is 1. The van der Waals surface area contributed by atoms with Crippen LogP contribution < -0.4 is 0 Å². The zero-order valence-electron chi connectivity index (χ0n) is 14.4. The molecule has 0 aliphatic carbocycles. The molecule has 3 aromatic rings. The number of benzene rings is 2. The summed E-state index contributed by atoms with van der Waals surface area (Å²) in [6.45, 7) is 3.09. The lowest BCUT2D eigenvalue weighted by Crippen LogP contribution is -2.24. The minimum atomic E-state index is -0.0621. The minimum absolute atomic E-state index is 0.0621. The molecular formula is C20H18ClN3O2. The molecule has 5 nitrogen and oxygen atoms in total. The van der Waals surface area contributed by atoms with E-state index in [9.17, 15) is 4.79 Å². The molecule has 1 amide bonds. The summed E-state index contributed by atoms with van der Waals surface area (Å²) in [5.41, 5.74) is 2.99. The Morgan fingerprint density at radius 3 is 2.73 bits per heavy atom. The fraction of sp³-hybridized carbons (Fsp3) is 0.250. The van der Waals surface area contributed by atoms with Gasteiger partial charge >= 0.3 is 0 Å². The van der Waals surface area contributed by atoms with Crippen molar-refractivity contribution in [1.29, 1.82) is 0 Å². The predicted molar refractivity (Wildman–Crippen MR) is 98.7 cm³/mol. The van der Waals surface area contributed by atoms with Gasteiger partial charge < -0.3 is 9.42 Å². The zero-order chi connectivity index (χ0) is 18.1. The number of hydrogen-bond donors (Lipinski definition) is 0. The molecule has 0 N–H and O–H groups in total. The summed E-state index contributed by atoms with van der Waals surface area (Å²) in [6.07, 6.45) is 0.386. The van der Waals surface area contributed by atoms with Crippen LogP contribution in [0.15, 0.2) is 53.1 Å². The smallest absolute Gasteiger partial charge is 0.257 e. The monoisotopic (exact) mass is 367 g/mol. The summed E-state index contributed by atoms with van der Waals surface area (Å²) in [6, 6.07) is 15.5. The lowest BCUT2D eigenvalue weighted by Gasteiger charge is -2.16. The topological polar surface area (TPSA) is 59.2 Å². The zero-order valence-corrected chi connectivity index (χ0v) is 15.1. The molecule has 1 aliphatic rings. The number of carbonyl (C=O) groups is 1. The van der Waals surface area contributed by atoms with E-state index >= 15 is 0 Å². The first-order chi connectivity index (χ1) is 12.6. The molecule has 2 aromatic carbocycles. The van der Waals surface area contributed by atoms with Gasteiger partial charge in [0, 0.05) is 36.0 Å². The van der Waals surface area contributed by atoms with Gasteiger partial charge in [-0.15, -0.1) is 0 Å². The molecule has 26 heavy (non-hydrogen) atoms. The van der Waals surface area contributed by atoms with Gasteiger partial charge in [-0.2, -0.15) is 4.98 Å². The molecule has 2 heterocycles. The molecule has 1 fully saturated rings. The van der Waals surface area contributed by atoms with E-state index in [2.05, 4.69) is 10.1 Å². The summed E-state index contributed by atoms with van der Waals surface area (Å²) in [7, 11) is 0. The van der Waals surface area contributed by atoms with E-state index in [0.717, 1.165) is 11.1 Å². The van der Waals surface area contributed by atoms with Crippen molar-refractivity contribution < 1.29 is 9.32 Å². The lowest BCUT2D eigenvalue weighted by atomic mass is 10.1. The Morgan fingerprint density at radius 1 is 1.19 bits per heavy atom. The second kappa shape index (κ2) is 6.92. The number of hydrogen-bond acceptors (Lipinski definition) is 4. The third kappa shape index (κ3) is 3.35. The summed E-state index contributed by atoms with van der Waals surface area (Å²) in [5, 5.41) is 4.77. The van der Waals surface area contributed by atoms with Crippen molar-refractivity contribution in [1.82, 2.24) is 15.0 Å². The Hall–Kier alpha value is -2.66. The van der Waals surface area contributed by atoms with Crippen molar-refractivity contribution in [2.45, 2.75) is 25.8 Å². The fourth-order valence-corrected chi connectivity index (χ4v) is 3.34. The highest BCUT2D eigenvalue weighted by atomic mass is 35.5. The first kappa shape index (κ1) is 16.8. The number of aromatic nitrogens is 2. The third-order valence-electron chi connectivity index (χ3n) is 4.64. The van der Waals surface area contributed by atoms with E-state index in [0.29, 0.717) is 36.2 Å². The van der Waals surface area contributed by atoms with Crippen LogP contribution in [-0.4, -0.2) is 27.5 Å². The number of aryl methyl sites for hydroxylation is 1. The van der Waals surface area contributed by atoms with Crippen LogP contribution in [0.5, 0.6) is 0 Å². The van der Waals surface area contributed by atoms with Crippen LogP contribution >= 0.6 is 11.6 Å². The van der Waals surface area contributed by atoms with Crippen LogP contribution in [0.1, 0.15) is 29.3 Å². The fourth-order valence-electron chi connectivity index (χ4n) is 3.14. The maximum atomic E-state index is 12.4. The van der Waals surface area contributed by atoms with Crippen molar-refractivity contribution in [3.8, 4) is 11.5 Å². The summed E-state index contributed by atoms with van der Waals surface area (Å²) in [4.78, 5) is 18.7. The number of carbonyl (C=O) groups excluding carboxylic acids is 1. The van der Waals surface area contributed by atoms with E-state index in [4.69, 9.17) is 16.1 Å². The van der Waals surface area contributed by atoms with Crippen molar-refractivity contribution in [2.75, 3.05) is 6.54 Å².